The highest BCUT2D eigenvalue weighted by molar-refractivity contribution is 5.95. The molecule has 3 rings (SSSR count). The molecule has 25 heavy (non-hydrogen) atoms. The molecule has 0 radical (unpaired) electrons. The second-order valence-corrected chi connectivity index (χ2v) is 6.33. The number of hydrogen-bond donors (Lipinski definition) is 2. The van der Waals surface area contributed by atoms with Crippen molar-refractivity contribution >= 4 is 11.8 Å². The van der Waals surface area contributed by atoms with Crippen LogP contribution in [-0.2, 0) is 10.3 Å². The molecular formula is C19H18F2N2O2. The van der Waals surface area contributed by atoms with E-state index in [1.54, 1.807) is 0 Å². The van der Waals surface area contributed by atoms with Crippen LogP contribution in [0.3, 0.4) is 0 Å². The summed E-state index contributed by atoms with van der Waals surface area (Å²) in [6, 6.07) is 12.1. The van der Waals surface area contributed by atoms with Gasteiger partial charge in [-0.3, -0.25) is 9.59 Å². The van der Waals surface area contributed by atoms with Crippen LogP contribution in [0.2, 0.25) is 0 Å². The quantitative estimate of drug-likeness (QED) is 0.896. The zero-order chi connectivity index (χ0) is 18.0. The van der Waals surface area contributed by atoms with Crippen molar-refractivity contribution < 1.29 is 18.4 Å². The van der Waals surface area contributed by atoms with Crippen LogP contribution in [0.4, 0.5) is 8.78 Å². The van der Waals surface area contributed by atoms with E-state index in [9.17, 15) is 18.4 Å². The SMILES string of the molecule is CC(=O)NC1CC(NC(=O)c2ccc(F)cc2F)(c2ccccc2)C1. The summed E-state index contributed by atoms with van der Waals surface area (Å²) in [6.45, 7) is 1.44. The molecule has 2 aromatic carbocycles. The summed E-state index contributed by atoms with van der Waals surface area (Å²) >= 11 is 0. The first-order chi connectivity index (χ1) is 11.9. The van der Waals surface area contributed by atoms with Crippen molar-refractivity contribution in [3.63, 3.8) is 0 Å². The van der Waals surface area contributed by atoms with E-state index in [-0.39, 0.29) is 17.5 Å². The monoisotopic (exact) mass is 344 g/mol. The van der Waals surface area contributed by atoms with Crippen molar-refractivity contribution in [2.45, 2.75) is 31.3 Å². The fourth-order valence-electron chi connectivity index (χ4n) is 3.30. The number of carbonyl (C=O) groups is 2. The van der Waals surface area contributed by atoms with Gasteiger partial charge in [-0.05, 0) is 30.5 Å². The van der Waals surface area contributed by atoms with E-state index < -0.39 is 23.1 Å². The van der Waals surface area contributed by atoms with Gasteiger partial charge >= 0.3 is 0 Å². The fraction of sp³-hybridized carbons (Fsp3) is 0.263. The van der Waals surface area contributed by atoms with E-state index >= 15 is 0 Å². The highest BCUT2D eigenvalue weighted by Gasteiger charge is 2.47. The Morgan fingerprint density at radius 2 is 1.76 bits per heavy atom. The van der Waals surface area contributed by atoms with Crippen LogP contribution < -0.4 is 10.6 Å². The lowest BCUT2D eigenvalue weighted by molar-refractivity contribution is -0.120. The second-order valence-electron chi connectivity index (χ2n) is 6.33. The standard InChI is InChI=1S/C19H18F2N2O2/c1-12(24)22-15-10-19(11-15,13-5-3-2-4-6-13)23-18(25)16-8-7-14(20)9-17(16)21/h2-9,15H,10-11H2,1H3,(H,22,24)(H,23,25). The summed E-state index contributed by atoms with van der Waals surface area (Å²) < 4.78 is 26.9. The highest BCUT2D eigenvalue weighted by Crippen LogP contribution is 2.41. The molecule has 0 heterocycles. The van der Waals surface area contributed by atoms with Crippen molar-refractivity contribution in [1.29, 1.82) is 0 Å². The summed E-state index contributed by atoms with van der Waals surface area (Å²) in [6.07, 6.45) is 1.01. The third kappa shape index (κ3) is 3.52. The van der Waals surface area contributed by atoms with Crippen molar-refractivity contribution in [2.24, 2.45) is 0 Å². The summed E-state index contributed by atoms with van der Waals surface area (Å²) in [7, 11) is 0. The van der Waals surface area contributed by atoms with E-state index in [2.05, 4.69) is 10.6 Å². The molecule has 2 aromatic rings. The summed E-state index contributed by atoms with van der Waals surface area (Å²) in [4.78, 5) is 23.8. The minimum absolute atomic E-state index is 0.0592. The molecule has 0 saturated heterocycles. The van der Waals surface area contributed by atoms with Gasteiger partial charge < -0.3 is 10.6 Å². The van der Waals surface area contributed by atoms with Gasteiger partial charge in [0.15, 0.2) is 0 Å². The molecule has 2 amide bonds. The minimum atomic E-state index is -0.904. The van der Waals surface area contributed by atoms with Gasteiger partial charge in [0.1, 0.15) is 11.6 Å². The van der Waals surface area contributed by atoms with Gasteiger partial charge in [-0.1, -0.05) is 30.3 Å². The molecule has 0 bridgehead atoms. The first kappa shape index (κ1) is 17.1. The molecule has 1 aliphatic carbocycles. The van der Waals surface area contributed by atoms with Gasteiger partial charge in [-0.2, -0.15) is 0 Å². The van der Waals surface area contributed by atoms with Crippen LogP contribution >= 0.6 is 0 Å². The number of nitrogens with one attached hydrogen (secondary N) is 2. The Kier molecular flexibility index (Phi) is 4.53. The molecule has 0 aromatic heterocycles. The maximum atomic E-state index is 13.9. The van der Waals surface area contributed by atoms with E-state index in [1.807, 2.05) is 30.3 Å². The number of carbonyl (C=O) groups excluding carboxylic acids is 2. The maximum Gasteiger partial charge on any atom is 0.254 e. The third-order valence-electron chi connectivity index (χ3n) is 4.45. The highest BCUT2D eigenvalue weighted by atomic mass is 19.1. The lowest BCUT2D eigenvalue weighted by Crippen LogP contribution is -2.61. The number of rotatable bonds is 4. The number of halogens is 2. The first-order valence-corrected chi connectivity index (χ1v) is 8.00. The summed E-state index contributed by atoms with van der Waals surface area (Å²) in [5.41, 5.74) is -0.0149. The Balaban J connectivity index is 1.84. The smallest absolute Gasteiger partial charge is 0.254 e. The Morgan fingerprint density at radius 3 is 2.36 bits per heavy atom. The van der Waals surface area contributed by atoms with Crippen LogP contribution in [0, 0.1) is 11.6 Å². The van der Waals surface area contributed by atoms with Gasteiger partial charge in [-0.15, -0.1) is 0 Å². The molecule has 0 unspecified atom stereocenters. The predicted octanol–water partition coefficient (Wildman–Crippen LogP) is 2.89. The molecule has 1 saturated carbocycles. The number of hydrogen-bond acceptors (Lipinski definition) is 2. The largest absolute Gasteiger partial charge is 0.353 e. The van der Waals surface area contributed by atoms with Crippen LogP contribution in [0.15, 0.2) is 48.5 Å². The number of benzene rings is 2. The Morgan fingerprint density at radius 1 is 1.08 bits per heavy atom. The molecule has 2 N–H and O–H groups in total. The van der Waals surface area contributed by atoms with Crippen molar-refractivity contribution in [3.05, 3.63) is 71.3 Å². The maximum absolute atomic E-state index is 13.9. The fourth-order valence-corrected chi connectivity index (χ4v) is 3.30. The van der Waals surface area contributed by atoms with Crippen molar-refractivity contribution in [2.75, 3.05) is 0 Å². The molecule has 4 nitrogen and oxygen atoms in total. The van der Waals surface area contributed by atoms with Crippen molar-refractivity contribution in [3.8, 4) is 0 Å². The molecule has 0 atom stereocenters. The predicted molar refractivity (Wildman–Crippen MR) is 88.8 cm³/mol. The van der Waals surface area contributed by atoms with Crippen LogP contribution in [-0.4, -0.2) is 17.9 Å². The van der Waals surface area contributed by atoms with Crippen molar-refractivity contribution in [1.82, 2.24) is 10.6 Å². The summed E-state index contributed by atoms with van der Waals surface area (Å²) in [5, 5.41) is 5.70. The van der Waals surface area contributed by atoms with Gasteiger partial charge in [0.25, 0.3) is 5.91 Å². The lowest BCUT2D eigenvalue weighted by atomic mass is 9.68. The van der Waals surface area contributed by atoms with Crippen LogP contribution in [0.5, 0.6) is 0 Å². The zero-order valence-electron chi connectivity index (χ0n) is 13.7. The Labute approximate surface area is 144 Å². The van der Waals surface area contributed by atoms with E-state index in [4.69, 9.17) is 0 Å². The second kappa shape index (κ2) is 6.63. The van der Waals surface area contributed by atoms with Gasteiger partial charge in [0, 0.05) is 19.0 Å². The van der Waals surface area contributed by atoms with Gasteiger partial charge in [-0.25, -0.2) is 8.78 Å². The summed E-state index contributed by atoms with van der Waals surface area (Å²) in [5.74, 6) is -2.38. The topological polar surface area (TPSA) is 58.2 Å². The first-order valence-electron chi connectivity index (χ1n) is 8.00. The molecule has 1 fully saturated rings. The van der Waals surface area contributed by atoms with E-state index in [1.165, 1.54) is 6.92 Å². The van der Waals surface area contributed by atoms with E-state index in [0.717, 1.165) is 17.7 Å². The molecule has 6 heteroatoms. The van der Waals surface area contributed by atoms with Gasteiger partial charge in [0.2, 0.25) is 5.91 Å². The van der Waals surface area contributed by atoms with Crippen LogP contribution in [0.25, 0.3) is 0 Å². The molecule has 130 valence electrons. The van der Waals surface area contributed by atoms with Crippen LogP contribution in [0.1, 0.15) is 35.7 Å². The average Bonchev–Trinajstić information content (AvgIpc) is 2.52. The lowest BCUT2D eigenvalue weighted by Gasteiger charge is -2.48. The third-order valence-corrected chi connectivity index (χ3v) is 4.45. The number of amides is 2. The molecular weight excluding hydrogens is 326 g/mol. The molecule has 1 aliphatic rings. The molecule has 0 aliphatic heterocycles. The van der Waals surface area contributed by atoms with E-state index in [0.29, 0.717) is 18.9 Å². The minimum Gasteiger partial charge on any atom is -0.353 e. The molecule has 0 spiro atoms. The zero-order valence-corrected chi connectivity index (χ0v) is 13.7. The van der Waals surface area contributed by atoms with Gasteiger partial charge in [0.05, 0.1) is 11.1 Å². The normalized spacial score (nSPS) is 22.0. The Bertz CT molecular complexity index is 802. The Hall–Kier alpha value is -2.76. The average molecular weight is 344 g/mol.